The van der Waals surface area contributed by atoms with E-state index in [-0.39, 0.29) is 42.5 Å². The van der Waals surface area contributed by atoms with Gasteiger partial charge in [0.15, 0.2) is 0 Å². The van der Waals surface area contributed by atoms with Crippen LogP contribution in [0.3, 0.4) is 0 Å². The van der Waals surface area contributed by atoms with E-state index in [4.69, 9.17) is 0 Å². The van der Waals surface area contributed by atoms with Gasteiger partial charge in [0.1, 0.15) is 18.1 Å². The Hall–Kier alpha value is -3.44. The van der Waals surface area contributed by atoms with E-state index in [1.807, 2.05) is 83.1 Å². The minimum atomic E-state index is -1.04. The molecule has 2 unspecified atom stereocenters. The summed E-state index contributed by atoms with van der Waals surface area (Å²) in [6, 6.07) is -4.50. The molecule has 0 radical (unpaired) electrons. The summed E-state index contributed by atoms with van der Waals surface area (Å²) < 4.78 is 0. The number of rotatable bonds is 16. The molecule has 1 rings (SSSR count). The van der Waals surface area contributed by atoms with Gasteiger partial charge in [-0.25, -0.2) is 4.79 Å². The van der Waals surface area contributed by atoms with Crippen molar-refractivity contribution in [3.63, 3.8) is 0 Å². The van der Waals surface area contributed by atoms with Crippen molar-refractivity contribution in [2.24, 2.45) is 29.1 Å². The maximum Gasteiger partial charge on any atom is 0.316 e. The third-order valence-corrected chi connectivity index (χ3v) is 9.01. The molecule has 0 aromatic carbocycles. The molecule has 1 aliphatic heterocycles. The number of likely N-dealkylation sites (tertiary alicyclic amines) is 1. The molecule has 0 spiro atoms. The normalized spacial score (nSPS) is 19.2. The minimum absolute atomic E-state index is 0.00260. The van der Waals surface area contributed by atoms with Crippen LogP contribution < -0.4 is 26.6 Å². The molecule has 1 heterocycles. The number of urea groups is 1. The number of ketones is 1. The van der Waals surface area contributed by atoms with Crippen LogP contribution in [0.25, 0.3) is 0 Å². The zero-order chi connectivity index (χ0) is 37.1. The summed E-state index contributed by atoms with van der Waals surface area (Å²) in [4.78, 5) is 82.0. The SMILES string of the molecule is C=CCNC(=O)C(=O)C(CCCC)NC(=O)[C@@H]1C[C@@H](C(C)C)CN1C(=O)[C@@H](NC(=O)N[C@H](C(=O)NC(C)(C)C)C(C)C(C)C)C(C)(C)C. The van der Waals surface area contributed by atoms with Gasteiger partial charge in [0, 0.05) is 18.6 Å². The average Bonchev–Trinajstić information content (AvgIpc) is 3.43. The van der Waals surface area contributed by atoms with Crippen LogP contribution in [0, 0.1) is 29.1 Å². The topological polar surface area (TPSA) is 166 Å². The molecule has 0 saturated carbocycles. The predicted octanol–water partition coefficient (Wildman–Crippen LogP) is 3.70. The van der Waals surface area contributed by atoms with Crippen molar-refractivity contribution >= 4 is 35.4 Å². The van der Waals surface area contributed by atoms with Gasteiger partial charge in [0.05, 0.1) is 6.04 Å². The van der Waals surface area contributed by atoms with Gasteiger partial charge in [-0.05, 0) is 62.7 Å². The Morgan fingerprint density at radius 2 is 1.52 bits per heavy atom. The summed E-state index contributed by atoms with van der Waals surface area (Å²) in [6.45, 7) is 26.9. The lowest BCUT2D eigenvalue weighted by molar-refractivity contribution is -0.143. The van der Waals surface area contributed by atoms with E-state index in [1.54, 1.807) is 0 Å². The first kappa shape index (κ1) is 42.6. The van der Waals surface area contributed by atoms with Crippen molar-refractivity contribution in [2.45, 2.75) is 138 Å². The lowest BCUT2D eigenvalue weighted by Crippen LogP contribution is -2.62. The van der Waals surface area contributed by atoms with E-state index in [9.17, 15) is 28.8 Å². The third-order valence-electron chi connectivity index (χ3n) is 9.01. The Labute approximate surface area is 288 Å². The fourth-order valence-electron chi connectivity index (χ4n) is 5.60. The Balaban J connectivity index is 3.37. The van der Waals surface area contributed by atoms with Crippen LogP contribution in [-0.4, -0.2) is 83.1 Å². The van der Waals surface area contributed by atoms with Gasteiger partial charge >= 0.3 is 6.03 Å². The fourth-order valence-corrected chi connectivity index (χ4v) is 5.60. The molecular formula is C36H64N6O6. The van der Waals surface area contributed by atoms with E-state index in [0.717, 1.165) is 6.42 Å². The summed E-state index contributed by atoms with van der Waals surface area (Å²) in [5.74, 6) is -2.80. The fraction of sp³-hybridized carbons (Fsp3) is 0.778. The number of hydrogen-bond acceptors (Lipinski definition) is 6. The predicted molar refractivity (Wildman–Crippen MR) is 189 cm³/mol. The highest BCUT2D eigenvalue weighted by Gasteiger charge is 2.46. The smallest absolute Gasteiger partial charge is 0.316 e. The Bertz CT molecular complexity index is 1150. The molecular weight excluding hydrogens is 612 g/mol. The molecule has 0 aromatic rings. The second kappa shape index (κ2) is 18.4. The van der Waals surface area contributed by atoms with Crippen LogP contribution in [0.2, 0.25) is 0 Å². The maximum absolute atomic E-state index is 14.4. The van der Waals surface area contributed by atoms with Crippen LogP contribution in [-0.2, 0) is 24.0 Å². The minimum Gasteiger partial charge on any atom is -0.350 e. The lowest BCUT2D eigenvalue weighted by Gasteiger charge is -2.36. The highest BCUT2D eigenvalue weighted by molar-refractivity contribution is 6.38. The van der Waals surface area contributed by atoms with Gasteiger partial charge in [0.25, 0.3) is 5.91 Å². The van der Waals surface area contributed by atoms with Crippen LogP contribution in [0.15, 0.2) is 12.7 Å². The standard InChI is InChI=1S/C36H64N6O6/c1-14-16-17-25(28(43)32(46)37-18-15-2)38-30(44)26-19-24(22(5)6)20-42(26)33(47)29(35(8,9)10)40-34(48)39-27(23(7)21(3)4)31(45)41-36(11,12)13/h15,21-27,29H,2,14,16-20H2,1,3-13H3,(H,37,46)(H,38,44)(H,41,45)(H2,39,40,48)/t23?,24-,25?,26+,27+,29-/m1/s1. The molecule has 6 amide bonds. The first-order valence-electron chi connectivity index (χ1n) is 17.5. The van der Waals surface area contributed by atoms with E-state index in [2.05, 4.69) is 33.2 Å². The number of amides is 6. The number of carbonyl (C=O) groups is 6. The van der Waals surface area contributed by atoms with Crippen LogP contribution in [0.1, 0.15) is 109 Å². The zero-order valence-electron chi connectivity index (χ0n) is 31.5. The first-order chi connectivity index (χ1) is 22.0. The van der Waals surface area contributed by atoms with Crippen molar-refractivity contribution < 1.29 is 28.8 Å². The molecule has 1 saturated heterocycles. The monoisotopic (exact) mass is 676 g/mol. The Morgan fingerprint density at radius 3 is 2.00 bits per heavy atom. The van der Waals surface area contributed by atoms with Crippen LogP contribution in [0.5, 0.6) is 0 Å². The highest BCUT2D eigenvalue weighted by atomic mass is 16.2. The van der Waals surface area contributed by atoms with E-state index in [1.165, 1.54) is 11.0 Å². The number of nitrogens with one attached hydrogen (secondary N) is 5. The Morgan fingerprint density at radius 1 is 0.917 bits per heavy atom. The van der Waals surface area contributed by atoms with Gasteiger partial charge in [-0.15, -0.1) is 6.58 Å². The van der Waals surface area contributed by atoms with Crippen molar-refractivity contribution in [3.8, 4) is 0 Å². The first-order valence-corrected chi connectivity index (χ1v) is 17.5. The molecule has 274 valence electrons. The number of Topliss-reactive ketones (excluding diaryl/α,β-unsaturated/α-hetero) is 1. The molecule has 1 aliphatic rings. The second-order valence-corrected chi connectivity index (χ2v) is 16.0. The van der Waals surface area contributed by atoms with Crippen molar-refractivity contribution in [1.29, 1.82) is 0 Å². The summed E-state index contributed by atoms with van der Waals surface area (Å²) in [5, 5.41) is 13.9. The van der Waals surface area contributed by atoms with Gasteiger partial charge < -0.3 is 31.5 Å². The average molecular weight is 677 g/mol. The van der Waals surface area contributed by atoms with Crippen LogP contribution >= 0.6 is 0 Å². The lowest BCUT2D eigenvalue weighted by atomic mass is 9.85. The number of hydrogen-bond donors (Lipinski definition) is 5. The van der Waals surface area contributed by atoms with E-state index in [0.29, 0.717) is 19.4 Å². The van der Waals surface area contributed by atoms with Gasteiger partial charge in [0.2, 0.25) is 23.5 Å². The third kappa shape index (κ3) is 12.9. The highest BCUT2D eigenvalue weighted by Crippen LogP contribution is 2.32. The molecule has 12 heteroatoms. The van der Waals surface area contributed by atoms with Crippen molar-refractivity contribution in [3.05, 3.63) is 12.7 Å². The van der Waals surface area contributed by atoms with Gasteiger partial charge in [-0.3, -0.25) is 24.0 Å². The van der Waals surface area contributed by atoms with Crippen molar-refractivity contribution in [2.75, 3.05) is 13.1 Å². The second-order valence-electron chi connectivity index (χ2n) is 16.0. The maximum atomic E-state index is 14.4. The zero-order valence-corrected chi connectivity index (χ0v) is 31.5. The summed E-state index contributed by atoms with van der Waals surface area (Å²) in [7, 11) is 0. The molecule has 6 atom stereocenters. The van der Waals surface area contributed by atoms with Gasteiger partial charge in [-0.1, -0.05) is 81.2 Å². The van der Waals surface area contributed by atoms with Crippen molar-refractivity contribution in [1.82, 2.24) is 31.5 Å². The largest absolute Gasteiger partial charge is 0.350 e. The molecule has 48 heavy (non-hydrogen) atoms. The summed E-state index contributed by atoms with van der Waals surface area (Å²) in [5.41, 5.74) is -1.27. The molecule has 0 aromatic heterocycles. The van der Waals surface area contributed by atoms with Crippen LogP contribution in [0.4, 0.5) is 4.79 Å². The molecule has 12 nitrogen and oxygen atoms in total. The Kier molecular flexibility index (Phi) is 16.3. The van der Waals surface area contributed by atoms with E-state index < -0.39 is 64.7 Å². The molecule has 0 aliphatic carbocycles. The quantitative estimate of drug-likeness (QED) is 0.124. The summed E-state index contributed by atoms with van der Waals surface area (Å²) >= 11 is 0. The van der Waals surface area contributed by atoms with Gasteiger partial charge in [-0.2, -0.15) is 0 Å². The molecule has 5 N–H and O–H groups in total. The molecule has 1 fully saturated rings. The number of unbranched alkanes of at least 4 members (excludes halogenated alkanes) is 1. The number of carbonyl (C=O) groups excluding carboxylic acids is 6. The van der Waals surface area contributed by atoms with E-state index >= 15 is 0 Å². The molecule has 0 bridgehead atoms. The number of nitrogens with zero attached hydrogens (tertiary/aromatic N) is 1. The summed E-state index contributed by atoms with van der Waals surface area (Å²) in [6.07, 6.45) is 3.48.